The van der Waals surface area contributed by atoms with Gasteiger partial charge in [0.05, 0.1) is 30.8 Å². The van der Waals surface area contributed by atoms with Crippen LogP contribution in [0.3, 0.4) is 0 Å². The van der Waals surface area contributed by atoms with Gasteiger partial charge in [0.2, 0.25) is 10.0 Å². The first kappa shape index (κ1) is 29.9. The summed E-state index contributed by atoms with van der Waals surface area (Å²) < 4.78 is 44.6. The minimum absolute atomic E-state index is 0.0122. The van der Waals surface area contributed by atoms with Gasteiger partial charge < -0.3 is 24.6 Å². The summed E-state index contributed by atoms with van der Waals surface area (Å²) in [7, 11) is -2.40. The number of carbonyl (C=O) groups excluding carboxylic acids is 1. The first-order valence-electron chi connectivity index (χ1n) is 13.1. The molecule has 2 N–H and O–H groups in total. The fraction of sp³-hybridized carbons (Fsp3) is 0.536. The zero-order valence-electron chi connectivity index (χ0n) is 22.4. The Balaban J connectivity index is 1.79. The molecule has 1 fully saturated rings. The number of methoxy groups -OCH3 is 1. The monoisotopic (exact) mass is 548 g/mol. The number of amides is 1. The minimum atomic E-state index is -3.92. The summed E-state index contributed by atoms with van der Waals surface area (Å²) in [6, 6.07) is 14.8. The first-order valence-corrected chi connectivity index (χ1v) is 14.5. The van der Waals surface area contributed by atoms with Crippen LogP contribution in [0.2, 0.25) is 0 Å². The summed E-state index contributed by atoms with van der Waals surface area (Å²) >= 11 is 0. The summed E-state index contributed by atoms with van der Waals surface area (Å²) in [6.45, 7) is 5.01. The van der Waals surface area contributed by atoms with Crippen LogP contribution in [0.25, 0.3) is 0 Å². The number of aliphatic hydroxyl groups is 1. The largest absolute Gasteiger partial charge is 0.497 e. The molecule has 1 aliphatic heterocycles. The van der Waals surface area contributed by atoms with E-state index in [9.17, 15) is 18.3 Å². The molecular weight excluding hydrogens is 508 g/mol. The normalized spacial score (nSPS) is 18.0. The number of sulfonamides is 1. The van der Waals surface area contributed by atoms with E-state index in [4.69, 9.17) is 14.2 Å². The molecule has 0 unspecified atom stereocenters. The Bertz CT molecular complexity index is 1090. The Labute approximate surface area is 226 Å². The van der Waals surface area contributed by atoms with E-state index >= 15 is 0 Å². The summed E-state index contributed by atoms with van der Waals surface area (Å²) in [5.74, 6) is 0.559. The van der Waals surface area contributed by atoms with Crippen molar-refractivity contribution in [2.45, 2.75) is 62.7 Å². The Morgan fingerprint density at radius 1 is 1.08 bits per heavy atom. The number of benzene rings is 2. The molecule has 2 aromatic rings. The lowest BCUT2D eigenvalue weighted by atomic mass is 10.0. The van der Waals surface area contributed by atoms with Gasteiger partial charge in [-0.25, -0.2) is 13.2 Å². The highest BCUT2D eigenvalue weighted by Crippen LogP contribution is 2.22. The van der Waals surface area contributed by atoms with E-state index < -0.39 is 28.3 Å². The maximum absolute atomic E-state index is 13.6. The lowest BCUT2D eigenvalue weighted by Crippen LogP contribution is -2.51. The van der Waals surface area contributed by atoms with Crippen molar-refractivity contribution in [3.05, 3.63) is 60.2 Å². The molecule has 3 rings (SSSR count). The zero-order chi connectivity index (χ0) is 27.5. The van der Waals surface area contributed by atoms with Gasteiger partial charge in [0.25, 0.3) is 0 Å². The number of carbonyl (C=O) groups is 1. The Hall–Kier alpha value is -2.66. The van der Waals surface area contributed by atoms with Crippen molar-refractivity contribution in [1.29, 1.82) is 0 Å². The topological polar surface area (TPSA) is 114 Å². The van der Waals surface area contributed by atoms with Crippen molar-refractivity contribution in [3.63, 3.8) is 0 Å². The molecule has 2 aromatic carbocycles. The molecule has 9 nitrogen and oxygen atoms in total. The fourth-order valence-corrected chi connectivity index (χ4v) is 6.01. The predicted molar refractivity (Wildman–Crippen MR) is 145 cm³/mol. The SMILES string of the molecule is COc1ccc(S(=O)(=O)N(CC(C)C)C[C@@H](O)[C@H](Cc2ccccc2)NC(=O)O[C@@H]2CCCOCC2)cc1. The van der Waals surface area contributed by atoms with Crippen LogP contribution >= 0.6 is 0 Å². The quantitative estimate of drug-likeness (QED) is 0.416. The van der Waals surface area contributed by atoms with E-state index in [0.717, 1.165) is 12.0 Å². The van der Waals surface area contributed by atoms with Crippen LogP contribution in [0.4, 0.5) is 4.79 Å². The van der Waals surface area contributed by atoms with Crippen molar-refractivity contribution in [2.24, 2.45) is 5.92 Å². The Morgan fingerprint density at radius 3 is 2.45 bits per heavy atom. The van der Waals surface area contributed by atoms with E-state index in [1.54, 1.807) is 12.1 Å². The number of ether oxygens (including phenoxy) is 3. The van der Waals surface area contributed by atoms with E-state index in [1.807, 2.05) is 44.2 Å². The van der Waals surface area contributed by atoms with Gasteiger partial charge >= 0.3 is 6.09 Å². The average Bonchev–Trinajstić information content (AvgIpc) is 3.16. The summed E-state index contributed by atoms with van der Waals surface area (Å²) in [4.78, 5) is 12.9. The number of rotatable bonds is 12. The number of hydrogen-bond donors (Lipinski definition) is 2. The Morgan fingerprint density at radius 2 is 1.79 bits per heavy atom. The molecule has 0 bridgehead atoms. The van der Waals surface area contributed by atoms with Crippen LogP contribution in [0.5, 0.6) is 5.75 Å². The van der Waals surface area contributed by atoms with Gasteiger partial charge in [-0.3, -0.25) is 0 Å². The molecular formula is C28H40N2O7S. The number of alkyl carbamates (subject to hydrolysis) is 1. The first-order chi connectivity index (χ1) is 18.2. The van der Waals surface area contributed by atoms with Gasteiger partial charge in [0.15, 0.2) is 0 Å². The molecule has 0 aromatic heterocycles. The van der Waals surface area contributed by atoms with Crippen LogP contribution in [0.1, 0.15) is 38.7 Å². The second-order valence-corrected chi connectivity index (χ2v) is 11.9. The van der Waals surface area contributed by atoms with Crippen molar-refractivity contribution >= 4 is 16.1 Å². The van der Waals surface area contributed by atoms with Crippen LogP contribution in [0.15, 0.2) is 59.5 Å². The van der Waals surface area contributed by atoms with Crippen LogP contribution in [0, 0.1) is 5.92 Å². The molecule has 1 amide bonds. The van der Waals surface area contributed by atoms with E-state index in [2.05, 4.69) is 5.32 Å². The molecule has 3 atom stereocenters. The molecule has 1 heterocycles. The van der Waals surface area contributed by atoms with E-state index in [-0.39, 0.29) is 30.0 Å². The molecule has 210 valence electrons. The van der Waals surface area contributed by atoms with Crippen LogP contribution in [-0.4, -0.2) is 75.6 Å². The second-order valence-electron chi connectivity index (χ2n) is 9.97. The zero-order valence-corrected chi connectivity index (χ0v) is 23.2. The number of hydrogen-bond acceptors (Lipinski definition) is 7. The summed E-state index contributed by atoms with van der Waals surface area (Å²) in [6.07, 6.45) is 0.352. The van der Waals surface area contributed by atoms with Gasteiger partial charge in [-0.15, -0.1) is 0 Å². The van der Waals surface area contributed by atoms with Crippen molar-refractivity contribution in [2.75, 3.05) is 33.4 Å². The summed E-state index contributed by atoms with van der Waals surface area (Å²) in [5, 5.41) is 14.1. The molecule has 10 heteroatoms. The third kappa shape index (κ3) is 8.97. The van der Waals surface area contributed by atoms with Crippen molar-refractivity contribution < 1.29 is 32.5 Å². The maximum Gasteiger partial charge on any atom is 0.407 e. The number of aliphatic hydroxyl groups excluding tert-OH is 1. The molecule has 38 heavy (non-hydrogen) atoms. The number of nitrogens with zero attached hydrogens (tertiary/aromatic N) is 1. The highest BCUT2D eigenvalue weighted by molar-refractivity contribution is 7.89. The van der Waals surface area contributed by atoms with Gasteiger partial charge in [0, 0.05) is 26.1 Å². The van der Waals surface area contributed by atoms with Gasteiger partial charge in [-0.2, -0.15) is 4.31 Å². The van der Waals surface area contributed by atoms with Crippen molar-refractivity contribution in [1.82, 2.24) is 9.62 Å². The third-order valence-corrected chi connectivity index (χ3v) is 8.24. The van der Waals surface area contributed by atoms with E-state index in [0.29, 0.717) is 38.2 Å². The third-order valence-electron chi connectivity index (χ3n) is 6.40. The second kappa shape index (κ2) is 14.5. The van der Waals surface area contributed by atoms with Gasteiger partial charge in [-0.05, 0) is 55.0 Å². The van der Waals surface area contributed by atoms with Gasteiger partial charge in [0.1, 0.15) is 11.9 Å². The highest BCUT2D eigenvalue weighted by atomic mass is 32.2. The minimum Gasteiger partial charge on any atom is -0.497 e. The summed E-state index contributed by atoms with van der Waals surface area (Å²) in [5.41, 5.74) is 0.896. The maximum atomic E-state index is 13.6. The molecule has 0 spiro atoms. The van der Waals surface area contributed by atoms with E-state index in [1.165, 1.54) is 23.5 Å². The Kier molecular flexibility index (Phi) is 11.4. The van der Waals surface area contributed by atoms with Gasteiger partial charge in [-0.1, -0.05) is 44.2 Å². The molecule has 1 aliphatic rings. The smallest absolute Gasteiger partial charge is 0.407 e. The lowest BCUT2D eigenvalue weighted by Gasteiger charge is -2.31. The van der Waals surface area contributed by atoms with Crippen molar-refractivity contribution in [3.8, 4) is 5.75 Å². The standard InChI is InChI=1S/C28H40N2O7S/c1-21(2)19-30(38(33,34)25-13-11-23(35-3)12-14-25)20-27(31)26(18-22-8-5-4-6-9-22)29-28(32)37-24-10-7-16-36-17-15-24/h4-6,8-9,11-14,21,24,26-27,31H,7,10,15-20H2,1-3H3,(H,29,32)/t24-,26+,27-/m1/s1. The van der Waals surface area contributed by atoms with Crippen LogP contribution < -0.4 is 10.1 Å². The predicted octanol–water partition coefficient (Wildman–Crippen LogP) is 3.61. The highest BCUT2D eigenvalue weighted by Gasteiger charge is 2.32. The number of nitrogens with one attached hydrogen (secondary N) is 1. The molecule has 0 aliphatic carbocycles. The fourth-order valence-electron chi connectivity index (χ4n) is 4.39. The molecule has 0 radical (unpaired) electrons. The van der Waals surface area contributed by atoms with Crippen LogP contribution in [-0.2, 0) is 25.9 Å². The lowest BCUT2D eigenvalue weighted by molar-refractivity contribution is 0.0623. The molecule has 0 saturated carbocycles. The average molecular weight is 549 g/mol. The molecule has 1 saturated heterocycles.